The van der Waals surface area contributed by atoms with Crippen LogP contribution in [-0.4, -0.2) is 29.5 Å². The van der Waals surface area contributed by atoms with Gasteiger partial charge < -0.3 is 5.32 Å². The lowest BCUT2D eigenvalue weighted by Crippen LogP contribution is -2.30. The summed E-state index contributed by atoms with van der Waals surface area (Å²) in [5, 5.41) is 8.06. The summed E-state index contributed by atoms with van der Waals surface area (Å²) in [6.45, 7) is 0. The number of imide groups is 1. The van der Waals surface area contributed by atoms with E-state index in [-0.39, 0.29) is 42.8 Å². The third-order valence-electron chi connectivity index (χ3n) is 4.47. The number of nitrogens with zero attached hydrogens (tertiary/aromatic N) is 3. The molecule has 2 heterocycles. The van der Waals surface area contributed by atoms with Crippen LogP contribution in [0.5, 0.6) is 0 Å². The lowest BCUT2D eigenvalue weighted by molar-refractivity contribution is -0.121. The van der Waals surface area contributed by atoms with Crippen LogP contribution < -0.4 is 15.2 Å². The summed E-state index contributed by atoms with van der Waals surface area (Å²) in [7, 11) is 0. The van der Waals surface area contributed by atoms with Gasteiger partial charge in [0.15, 0.2) is 0 Å². The predicted octanol–water partition coefficient (Wildman–Crippen LogP) is 1.82. The molecule has 28 heavy (non-hydrogen) atoms. The Morgan fingerprint density at radius 1 is 0.821 bits per heavy atom. The van der Waals surface area contributed by atoms with Crippen molar-refractivity contribution in [2.75, 3.05) is 9.91 Å². The van der Waals surface area contributed by atoms with E-state index in [2.05, 4.69) is 10.4 Å². The molecular formula is C20H16N4O4. The lowest BCUT2D eigenvalue weighted by Gasteiger charge is -2.14. The molecule has 1 saturated heterocycles. The molecule has 2 aliphatic heterocycles. The van der Waals surface area contributed by atoms with Crippen molar-refractivity contribution in [1.82, 2.24) is 5.32 Å². The fraction of sp³-hybridized carbons (Fsp3) is 0.150. The van der Waals surface area contributed by atoms with Gasteiger partial charge >= 0.3 is 0 Å². The van der Waals surface area contributed by atoms with E-state index in [1.54, 1.807) is 36.4 Å². The second-order valence-corrected chi connectivity index (χ2v) is 6.39. The summed E-state index contributed by atoms with van der Waals surface area (Å²) in [6.07, 6.45) is 0.398. The second kappa shape index (κ2) is 7.07. The van der Waals surface area contributed by atoms with Crippen LogP contribution in [0.3, 0.4) is 0 Å². The number of carbonyl (C=O) groups excluding carboxylic acids is 4. The minimum atomic E-state index is -0.424. The molecule has 0 atom stereocenters. The van der Waals surface area contributed by atoms with Crippen LogP contribution in [0.4, 0.5) is 11.4 Å². The number of hydrogen-bond acceptors (Lipinski definition) is 5. The topological polar surface area (TPSA) is 99.2 Å². The fourth-order valence-corrected chi connectivity index (χ4v) is 3.10. The number of carbonyl (C=O) groups is 4. The summed E-state index contributed by atoms with van der Waals surface area (Å²) in [4.78, 5) is 49.3. The Hall–Kier alpha value is -3.81. The maximum Gasteiger partial charge on any atom is 0.256 e. The van der Waals surface area contributed by atoms with Gasteiger partial charge in [-0.15, -0.1) is 0 Å². The molecule has 0 spiro atoms. The molecule has 4 amide bonds. The van der Waals surface area contributed by atoms with Crippen LogP contribution in [0.2, 0.25) is 0 Å². The van der Waals surface area contributed by atoms with Gasteiger partial charge in [0.2, 0.25) is 11.8 Å². The Labute approximate surface area is 160 Å². The lowest BCUT2D eigenvalue weighted by atomic mass is 10.2. The highest BCUT2D eigenvalue weighted by Gasteiger charge is 2.30. The number of hydrazone groups is 1. The summed E-state index contributed by atoms with van der Waals surface area (Å²) < 4.78 is 0. The van der Waals surface area contributed by atoms with Crippen LogP contribution in [0, 0.1) is 0 Å². The quantitative estimate of drug-likeness (QED) is 0.826. The Kier molecular flexibility index (Phi) is 4.44. The van der Waals surface area contributed by atoms with E-state index in [9.17, 15) is 19.2 Å². The summed E-state index contributed by atoms with van der Waals surface area (Å²) >= 11 is 0. The first kappa shape index (κ1) is 17.6. The van der Waals surface area contributed by atoms with Gasteiger partial charge in [-0.25, -0.2) is 0 Å². The molecule has 8 nitrogen and oxygen atoms in total. The fourth-order valence-electron chi connectivity index (χ4n) is 3.10. The van der Waals surface area contributed by atoms with E-state index in [0.717, 1.165) is 4.90 Å². The van der Waals surface area contributed by atoms with Gasteiger partial charge in [0.05, 0.1) is 17.8 Å². The van der Waals surface area contributed by atoms with E-state index in [1.165, 1.54) is 17.1 Å². The monoisotopic (exact) mass is 376 g/mol. The van der Waals surface area contributed by atoms with Crippen LogP contribution in [-0.2, 0) is 14.4 Å². The normalized spacial score (nSPS) is 16.6. The molecule has 1 fully saturated rings. The Morgan fingerprint density at radius 2 is 1.46 bits per heavy atom. The smallest absolute Gasteiger partial charge is 0.256 e. The standard InChI is InChI=1S/C20H16N4O4/c25-17-10-11-18(26)23(17)14-8-6-13(7-9-14)20(28)21-16-12-19(27)24(22-16)15-4-2-1-3-5-15/h1-9H,10-12H2,(H,21,22,28). The summed E-state index contributed by atoms with van der Waals surface area (Å²) in [5.41, 5.74) is 1.39. The minimum absolute atomic E-state index is 0.00447. The molecule has 140 valence electrons. The average Bonchev–Trinajstić information content (AvgIpc) is 3.24. The predicted molar refractivity (Wildman–Crippen MR) is 102 cm³/mol. The number of benzene rings is 2. The van der Waals surface area contributed by atoms with Crippen molar-refractivity contribution < 1.29 is 19.2 Å². The molecule has 0 unspecified atom stereocenters. The SMILES string of the molecule is O=C(NC1=NN(c2ccccc2)C(=O)C1)c1ccc(N2C(=O)CCC2=O)cc1. The van der Waals surface area contributed by atoms with Crippen molar-refractivity contribution in [1.29, 1.82) is 0 Å². The maximum absolute atomic E-state index is 12.4. The van der Waals surface area contributed by atoms with E-state index in [0.29, 0.717) is 16.9 Å². The molecule has 2 aromatic rings. The second-order valence-electron chi connectivity index (χ2n) is 6.39. The molecule has 0 aromatic heterocycles. The van der Waals surface area contributed by atoms with Crippen molar-refractivity contribution in [3.63, 3.8) is 0 Å². The number of amidine groups is 1. The van der Waals surface area contributed by atoms with Gasteiger partial charge in [-0.05, 0) is 36.4 Å². The highest BCUT2D eigenvalue weighted by Crippen LogP contribution is 2.23. The van der Waals surface area contributed by atoms with Crippen molar-refractivity contribution in [3.8, 4) is 0 Å². The van der Waals surface area contributed by atoms with E-state index >= 15 is 0 Å². The molecule has 8 heteroatoms. The molecule has 2 aromatic carbocycles. The van der Waals surface area contributed by atoms with E-state index < -0.39 is 5.91 Å². The molecular weight excluding hydrogens is 360 g/mol. The summed E-state index contributed by atoms with van der Waals surface area (Å²) in [6, 6.07) is 15.1. The Morgan fingerprint density at radius 3 is 2.11 bits per heavy atom. The van der Waals surface area contributed by atoms with Crippen molar-refractivity contribution >= 4 is 40.8 Å². The average molecular weight is 376 g/mol. The van der Waals surface area contributed by atoms with Crippen LogP contribution in [0.1, 0.15) is 29.6 Å². The third-order valence-corrected chi connectivity index (χ3v) is 4.47. The van der Waals surface area contributed by atoms with Crippen LogP contribution in [0.15, 0.2) is 59.7 Å². The summed E-state index contributed by atoms with van der Waals surface area (Å²) in [5.74, 6) is -0.896. The molecule has 4 rings (SSSR count). The third kappa shape index (κ3) is 3.27. The number of hydrogen-bond donors (Lipinski definition) is 1. The van der Waals surface area contributed by atoms with Gasteiger partial charge in [0, 0.05) is 18.4 Å². The van der Waals surface area contributed by atoms with Crippen molar-refractivity contribution in [3.05, 3.63) is 60.2 Å². The zero-order valence-electron chi connectivity index (χ0n) is 14.8. The maximum atomic E-state index is 12.4. The Bertz CT molecular complexity index is 983. The molecule has 0 radical (unpaired) electrons. The largest absolute Gasteiger partial charge is 0.308 e. The molecule has 0 aliphatic carbocycles. The van der Waals surface area contributed by atoms with Crippen molar-refractivity contribution in [2.45, 2.75) is 19.3 Å². The highest BCUT2D eigenvalue weighted by atomic mass is 16.2. The minimum Gasteiger partial charge on any atom is -0.308 e. The van der Waals surface area contributed by atoms with Gasteiger partial charge in [0.25, 0.3) is 11.8 Å². The van der Waals surface area contributed by atoms with Crippen LogP contribution in [0.25, 0.3) is 0 Å². The number of rotatable bonds is 3. The van der Waals surface area contributed by atoms with Gasteiger partial charge in [-0.1, -0.05) is 18.2 Å². The molecule has 0 bridgehead atoms. The molecule has 2 aliphatic rings. The first-order valence-electron chi connectivity index (χ1n) is 8.75. The molecule has 0 saturated carbocycles. The Balaban J connectivity index is 1.46. The van der Waals surface area contributed by atoms with E-state index in [4.69, 9.17) is 0 Å². The van der Waals surface area contributed by atoms with Gasteiger partial charge in [-0.3, -0.25) is 24.1 Å². The number of nitrogens with one attached hydrogen (secondary N) is 1. The van der Waals surface area contributed by atoms with Crippen LogP contribution >= 0.6 is 0 Å². The zero-order chi connectivity index (χ0) is 19.7. The zero-order valence-corrected chi connectivity index (χ0v) is 14.8. The van der Waals surface area contributed by atoms with Crippen molar-refractivity contribution in [2.24, 2.45) is 5.10 Å². The van der Waals surface area contributed by atoms with Gasteiger partial charge in [0.1, 0.15) is 5.84 Å². The highest BCUT2D eigenvalue weighted by molar-refractivity contribution is 6.20. The van der Waals surface area contributed by atoms with E-state index in [1.807, 2.05) is 6.07 Å². The van der Waals surface area contributed by atoms with Gasteiger partial charge in [-0.2, -0.15) is 10.1 Å². The first-order valence-corrected chi connectivity index (χ1v) is 8.75. The molecule has 1 N–H and O–H groups in total. The number of amides is 4. The number of para-hydroxylation sites is 1. The first-order chi connectivity index (χ1) is 13.5. The number of anilines is 2.